The minimum atomic E-state index is 0.364. The average Bonchev–Trinajstić information content (AvgIpc) is 2.57. The zero-order valence-electron chi connectivity index (χ0n) is 14.3. The van der Waals surface area contributed by atoms with Gasteiger partial charge in [0, 0.05) is 0 Å². The predicted octanol–water partition coefficient (Wildman–Crippen LogP) is 4.21. The third kappa shape index (κ3) is 5.00. The van der Waals surface area contributed by atoms with Crippen LogP contribution in [0.5, 0.6) is 11.5 Å². The summed E-state index contributed by atoms with van der Waals surface area (Å²) in [5, 5.41) is 0. The molecular weight excluding hydrogens is 286 g/mol. The molecule has 0 fully saturated rings. The quantitative estimate of drug-likeness (QED) is 0.742. The second-order valence-corrected chi connectivity index (χ2v) is 5.97. The smallest absolute Gasteiger partial charge is 0.122 e. The van der Waals surface area contributed by atoms with E-state index in [0.29, 0.717) is 12.5 Å². The van der Waals surface area contributed by atoms with E-state index >= 15 is 0 Å². The first-order chi connectivity index (χ1) is 11.1. The standard InChI is InChI=1S/C20H27NO2/c1-15-6-11-20(16(2)13-15)23-12-4-5-18(14-21)17-7-9-19(22-3)10-8-17/h6-11,13,18H,4-5,12,14,21H2,1-3H3. The number of hydrogen-bond donors (Lipinski definition) is 1. The summed E-state index contributed by atoms with van der Waals surface area (Å²) in [6, 6.07) is 14.5. The van der Waals surface area contributed by atoms with Crippen LogP contribution in [0.2, 0.25) is 0 Å². The van der Waals surface area contributed by atoms with Crippen LogP contribution in [0.3, 0.4) is 0 Å². The monoisotopic (exact) mass is 313 g/mol. The van der Waals surface area contributed by atoms with Crippen molar-refractivity contribution in [1.29, 1.82) is 0 Å². The van der Waals surface area contributed by atoms with Gasteiger partial charge in [-0.2, -0.15) is 0 Å². The molecule has 0 saturated carbocycles. The average molecular weight is 313 g/mol. The van der Waals surface area contributed by atoms with Crippen molar-refractivity contribution in [2.24, 2.45) is 5.73 Å². The molecule has 1 unspecified atom stereocenters. The van der Waals surface area contributed by atoms with E-state index in [2.05, 4.69) is 44.2 Å². The molecule has 0 aromatic heterocycles. The molecule has 3 nitrogen and oxygen atoms in total. The van der Waals surface area contributed by atoms with Crippen molar-refractivity contribution in [3.63, 3.8) is 0 Å². The normalized spacial score (nSPS) is 12.0. The van der Waals surface area contributed by atoms with Gasteiger partial charge in [-0.3, -0.25) is 0 Å². The Kier molecular flexibility index (Phi) is 6.48. The van der Waals surface area contributed by atoms with Gasteiger partial charge in [0.15, 0.2) is 0 Å². The maximum atomic E-state index is 5.94. The SMILES string of the molecule is COc1ccc(C(CN)CCCOc2ccc(C)cc2C)cc1. The summed E-state index contributed by atoms with van der Waals surface area (Å²) in [5.74, 6) is 2.22. The van der Waals surface area contributed by atoms with Crippen LogP contribution in [0.4, 0.5) is 0 Å². The number of rotatable bonds is 8. The van der Waals surface area contributed by atoms with Crippen LogP contribution in [0.1, 0.15) is 35.4 Å². The topological polar surface area (TPSA) is 44.5 Å². The fraction of sp³-hybridized carbons (Fsp3) is 0.400. The van der Waals surface area contributed by atoms with E-state index in [-0.39, 0.29) is 0 Å². The van der Waals surface area contributed by atoms with Crippen molar-refractivity contribution < 1.29 is 9.47 Å². The van der Waals surface area contributed by atoms with Crippen molar-refractivity contribution in [2.45, 2.75) is 32.6 Å². The maximum Gasteiger partial charge on any atom is 0.122 e. The van der Waals surface area contributed by atoms with Gasteiger partial charge in [0.05, 0.1) is 13.7 Å². The van der Waals surface area contributed by atoms with Crippen molar-refractivity contribution >= 4 is 0 Å². The Balaban J connectivity index is 1.83. The van der Waals surface area contributed by atoms with Gasteiger partial charge >= 0.3 is 0 Å². The Morgan fingerprint density at radius 1 is 1.04 bits per heavy atom. The zero-order chi connectivity index (χ0) is 16.7. The van der Waals surface area contributed by atoms with Crippen LogP contribution in [-0.4, -0.2) is 20.3 Å². The van der Waals surface area contributed by atoms with Crippen molar-refractivity contribution in [3.05, 3.63) is 59.2 Å². The molecule has 0 bridgehead atoms. The summed E-state index contributed by atoms with van der Waals surface area (Å²) in [4.78, 5) is 0. The van der Waals surface area contributed by atoms with Gasteiger partial charge < -0.3 is 15.2 Å². The molecule has 124 valence electrons. The summed E-state index contributed by atoms with van der Waals surface area (Å²) in [7, 11) is 1.68. The Labute approximate surface area is 139 Å². The van der Waals surface area contributed by atoms with Gasteiger partial charge in [0.25, 0.3) is 0 Å². The lowest BCUT2D eigenvalue weighted by molar-refractivity contribution is 0.300. The summed E-state index contributed by atoms with van der Waals surface area (Å²) >= 11 is 0. The van der Waals surface area contributed by atoms with Gasteiger partial charge in [-0.25, -0.2) is 0 Å². The van der Waals surface area contributed by atoms with Crippen molar-refractivity contribution in [2.75, 3.05) is 20.3 Å². The highest BCUT2D eigenvalue weighted by Gasteiger charge is 2.10. The number of methoxy groups -OCH3 is 1. The highest BCUT2D eigenvalue weighted by Crippen LogP contribution is 2.24. The molecule has 0 spiro atoms. The zero-order valence-corrected chi connectivity index (χ0v) is 14.3. The molecule has 2 N–H and O–H groups in total. The summed E-state index contributed by atoms with van der Waals surface area (Å²) in [5.41, 5.74) is 9.65. The summed E-state index contributed by atoms with van der Waals surface area (Å²) in [6.07, 6.45) is 2.01. The molecule has 0 aliphatic rings. The molecule has 0 radical (unpaired) electrons. The number of aryl methyl sites for hydroxylation is 2. The minimum absolute atomic E-state index is 0.364. The van der Waals surface area contributed by atoms with Crippen LogP contribution < -0.4 is 15.2 Å². The van der Waals surface area contributed by atoms with Crippen LogP contribution in [0.25, 0.3) is 0 Å². The number of ether oxygens (including phenoxy) is 2. The van der Waals surface area contributed by atoms with Gasteiger partial charge in [-0.1, -0.05) is 29.8 Å². The maximum absolute atomic E-state index is 5.94. The highest BCUT2D eigenvalue weighted by atomic mass is 16.5. The van der Waals surface area contributed by atoms with E-state index in [9.17, 15) is 0 Å². The van der Waals surface area contributed by atoms with Crippen LogP contribution in [-0.2, 0) is 0 Å². The van der Waals surface area contributed by atoms with Crippen LogP contribution >= 0.6 is 0 Å². The fourth-order valence-electron chi connectivity index (χ4n) is 2.77. The largest absolute Gasteiger partial charge is 0.497 e. The summed E-state index contributed by atoms with van der Waals surface area (Å²) in [6.45, 7) is 5.55. The Morgan fingerprint density at radius 2 is 1.78 bits per heavy atom. The van der Waals surface area contributed by atoms with E-state index in [1.807, 2.05) is 12.1 Å². The first-order valence-corrected chi connectivity index (χ1v) is 8.18. The van der Waals surface area contributed by atoms with Crippen molar-refractivity contribution in [3.8, 4) is 11.5 Å². The Hall–Kier alpha value is -2.00. The third-order valence-corrected chi connectivity index (χ3v) is 4.16. The van der Waals surface area contributed by atoms with Crippen molar-refractivity contribution in [1.82, 2.24) is 0 Å². The molecule has 2 aromatic carbocycles. The first-order valence-electron chi connectivity index (χ1n) is 8.18. The van der Waals surface area contributed by atoms with E-state index in [0.717, 1.165) is 30.9 Å². The number of nitrogens with two attached hydrogens (primary N) is 1. The Morgan fingerprint density at radius 3 is 2.39 bits per heavy atom. The molecule has 2 aromatic rings. The fourth-order valence-corrected chi connectivity index (χ4v) is 2.77. The van der Waals surface area contributed by atoms with Crippen LogP contribution in [0, 0.1) is 13.8 Å². The minimum Gasteiger partial charge on any atom is -0.497 e. The van der Waals surface area contributed by atoms with E-state index < -0.39 is 0 Å². The van der Waals surface area contributed by atoms with Gasteiger partial charge in [0.2, 0.25) is 0 Å². The third-order valence-electron chi connectivity index (χ3n) is 4.16. The molecule has 23 heavy (non-hydrogen) atoms. The lowest BCUT2D eigenvalue weighted by Gasteiger charge is -2.16. The second kappa shape index (κ2) is 8.59. The number of benzene rings is 2. The van der Waals surface area contributed by atoms with Crippen LogP contribution in [0.15, 0.2) is 42.5 Å². The molecule has 0 saturated heterocycles. The van der Waals surface area contributed by atoms with Gasteiger partial charge in [0.1, 0.15) is 11.5 Å². The number of hydrogen-bond acceptors (Lipinski definition) is 3. The lowest BCUT2D eigenvalue weighted by atomic mass is 9.94. The molecule has 0 aliphatic heterocycles. The highest BCUT2D eigenvalue weighted by molar-refractivity contribution is 5.35. The van der Waals surface area contributed by atoms with Gasteiger partial charge in [-0.15, -0.1) is 0 Å². The van der Waals surface area contributed by atoms with E-state index in [4.69, 9.17) is 15.2 Å². The Bertz CT molecular complexity index is 608. The molecule has 1 atom stereocenters. The molecule has 2 rings (SSSR count). The second-order valence-electron chi connectivity index (χ2n) is 5.97. The molecule has 0 aliphatic carbocycles. The first kappa shape index (κ1) is 17.4. The predicted molar refractivity (Wildman–Crippen MR) is 95.4 cm³/mol. The van der Waals surface area contributed by atoms with E-state index in [1.165, 1.54) is 16.7 Å². The lowest BCUT2D eigenvalue weighted by Crippen LogP contribution is -2.13. The molecular formula is C20H27NO2. The summed E-state index contributed by atoms with van der Waals surface area (Å²) < 4.78 is 11.1. The van der Waals surface area contributed by atoms with Gasteiger partial charge in [-0.05, 0) is 68.5 Å². The van der Waals surface area contributed by atoms with E-state index in [1.54, 1.807) is 7.11 Å². The molecule has 0 amide bonds. The molecule has 0 heterocycles. The molecule has 3 heteroatoms.